The minimum Gasteiger partial charge on any atom is -0.481 e. The molecule has 0 aliphatic heterocycles. The number of hydrogen-bond donors (Lipinski definition) is 3. The molecule has 1 aromatic heterocycles. The van der Waals surface area contributed by atoms with E-state index in [2.05, 4.69) is 15.5 Å². The molecule has 0 unspecified atom stereocenters. The van der Waals surface area contributed by atoms with Crippen molar-refractivity contribution in [2.75, 3.05) is 6.54 Å². The number of benzene rings is 2. The van der Waals surface area contributed by atoms with Crippen molar-refractivity contribution in [1.29, 1.82) is 0 Å². The number of aromatic nitrogens is 2. The molecule has 0 atom stereocenters. The van der Waals surface area contributed by atoms with Crippen molar-refractivity contribution >= 4 is 22.8 Å². The summed E-state index contributed by atoms with van der Waals surface area (Å²) in [6, 6.07) is 11.0. The first-order valence-corrected chi connectivity index (χ1v) is 7.28. The maximum atomic E-state index is 13.1. The van der Waals surface area contributed by atoms with Crippen LogP contribution in [0.3, 0.4) is 0 Å². The lowest BCUT2D eigenvalue weighted by Gasteiger charge is -2.04. The maximum Gasteiger partial charge on any atom is 0.305 e. The summed E-state index contributed by atoms with van der Waals surface area (Å²) in [7, 11) is 0. The topological polar surface area (TPSA) is 95.1 Å². The third-order valence-corrected chi connectivity index (χ3v) is 3.57. The van der Waals surface area contributed by atoms with Crippen molar-refractivity contribution in [1.82, 2.24) is 15.5 Å². The van der Waals surface area contributed by atoms with E-state index in [9.17, 15) is 14.0 Å². The second-order valence-corrected chi connectivity index (χ2v) is 5.24. The standard InChI is InChI=1S/C17H14FN3O3/c18-12-4-1-10(2-5-12)16-13-9-11(3-6-14(13)20-21-16)17(24)19-8-7-15(22)23/h1-6,9H,7-8H2,(H,19,24)(H,20,21)(H,22,23). The minimum atomic E-state index is -0.973. The van der Waals surface area contributed by atoms with Crippen LogP contribution in [0.25, 0.3) is 22.2 Å². The smallest absolute Gasteiger partial charge is 0.305 e. The monoisotopic (exact) mass is 327 g/mol. The number of hydrogen-bond acceptors (Lipinski definition) is 3. The Bertz CT molecular complexity index is 903. The maximum absolute atomic E-state index is 13.1. The van der Waals surface area contributed by atoms with Crippen molar-refractivity contribution < 1.29 is 19.1 Å². The Morgan fingerprint density at radius 2 is 1.92 bits per heavy atom. The predicted molar refractivity (Wildman–Crippen MR) is 86.1 cm³/mol. The second-order valence-electron chi connectivity index (χ2n) is 5.24. The number of nitrogens with one attached hydrogen (secondary N) is 2. The molecule has 24 heavy (non-hydrogen) atoms. The number of aliphatic carboxylic acids is 1. The molecule has 0 aliphatic rings. The number of carboxylic acids is 1. The van der Waals surface area contributed by atoms with Crippen LogP contribution in [0.1, 0.15) is 16.8 Å². The second kappa shape index (κ2) is 6.49. The molecule has 0 spiro atoms. The van der Waals surface area contributed by atoms with Crippen molar-refractivity contribution in [3.05, 3.63) is 53.8 Å². The van der Waals surface area contributed by atoms with Crippen LogP contribution in [0.2, 0.25) is 0 Å². The van der Waals surface area contributed by atoms with E-state index in [1.165, 1.54) is 12.1 Å². The predicted octanol–water partition coefficient (Wildman–Crippen LogP) is 2.57. The largest absolute Gasteiger partial charge is 0.481 e. The van der Waals surface area contributed by atoms with E-state index >= 15 is 0 Å². The summed E-state index contributed by atoms with van der Waals surface area (Å²) in [5.74, 6) is -1.67. The van der Waals surface area contributed by atoms with Gasteiger partial charge in [-0.1, -0.05) is 0 Å². The summed E-state index contributed by atoms with van der Waals surface area (Å²) in [6.07, 6.45) is -0.138. The Labute approximate surface area is 136 Å². The number of aromatic amines is 1. The van der Waals surface area contributed by atoms with Crippen molar-refractivity contribution in [3.63, 3.8) is 0 Å². The van der Waals surface area contributed by atoms with Gasteiger partial charge in [0.15, 0.2) is 0 Å². The lowest BCUT2D eigenvalue weighted by Crippen LogP contribution is -2.25. The zero-order valence-corrected chi connectivity index (χ0v) is 12.5. The molecule has 0 saturated carbocycles. The van der Waals surface area contributed by atoms with Crippen molar-refractivity contribution in [2.45, 2.75) is 6.42 Å². The normalized spacial score (nSPS) is 10.7. The Morgan fingerprint density at radius 3 is 2.62 bits per heavy atom. The molecule has 7 heteroatoms. The number of fused-ring (bicyclic) bond motifs is 1. The molecule has 2 aromatic carbocycles. The fourth-order valence-corrected chi connectivity index (χ4v) is 2.37. The molecule has 3 aromatic rings. The average Bonchev–Trinajstić information content (AvgIpc) is 2.98. The van der Waals surface area contributed by atoms with Crippen LogP contribution in [-0.2, 0) is 4.79 Å². The highest BCUT2D eigenvalue weighted by Gasteiger charge is 2.12. The van der Waals surface area contributed by atoms with Crippen LogP contribution in [-0.4, -0.2) is 33.7 Å². The third kappa shape index (κ3) is 3.24. The number of carbonyl (C=O) groups is 2. The molecule has 1 heterocycles. The van der Waals surface area contributed by atoms with Gasteiger partial charge in [-0.05, 0) is 42.5 Å². The highest BCUT2D eigenvalue weighted by atomic mass is 19.1. The zero-order valence-electron chi connectivity index (χ0n) is 12.5. The van der Waals surface area contributed by atoms with Gasteiger partial charge in [-0.15, -0.1) is 0 Å². The number of halogens is 1. The molecule has 0 radical (unpaired) electrons. The molecule has 0 bridgehead atoms. The van der Waals surface area contributed by atoms with E-state index < -0.39 is 5.97 Å². The summed E-state index contributed by atoms with van der Waals surface area (Å²) in [4.78, 5) is 22.6. The molecule has 3 rings (SSSR count). The Balaban J connectivity index is 1.89. The highest BCUT2D eigenvalue weighted by Crippen LogP contribution is 2.27. The Morgan fingerprint density at radius 1 is 1.17 bits per heavy atom. The number of carboxylic acid groups (broad SMARTS) is 1. The Hall–Kier alpha value is -3.22. The molecule has 6 nitrogen and oxygen atoms in total. The molecule has 3 N–H and O–H groups in total. The first kappa shape index (κ1) is 15.7. The SMILES string of the molecule is O=C(O)CCNC(=O)c1ccc2[nH]nc(-c3ccc(F)cc3)c2c1. The van der Waals surface area contributed by atoms with Gasteiger partial charge in [0.25, 0.3) is 5.91 Å². The summed E-state index contributed by atoms with van der Waals surface area (Å²) in [5.41, 5.74) is 2.49. The van der Waals surface area contributed by atoms with Crippen LogP contribution < -0.4 is 5.32 Å². The molecule has 1 amide bonds. The number of carbonyl (C=O) groups excluding carboxylic acids is 1. The average molecular weight is 327 g/mol. The Kier molecular flexibility index (Phi) is 4.24. The zero-order chi connectivity index (χ0) is 17.1. The quantitative estimate of drug-likeness (QED) is 0.671. The molecular weight excluding hydrogens is 313 g/mol. The number of nitrogens with zero attached hydrogens (tertiary/aromatic N) is 1. The fraction of sp³-hybridized carbons (Fsp3) is 0.118. The van der Waals surface area contributed by atoms with Gasteiger partial charge in [-0.3, -0.25) is 14.7 Å². The van der Waals surface area contributed by atoms with E-state index in [1.807, 2.05) is 0 Å². The number of amides is 1. The van der Waals surface area contributed by atoms with Crippen LogP contribution in [0.15, 0.2) is 42.5 Å². The van der Waals surface area contributed by atoms with Crippen LogP contribution in [0.5, 0.6) is 0 Å². The van der Waals surface area contributed by atoms with Gasteiger partial charge in [-0.25, -0.2) is 4.39 Å². The van der Waals surface area contributed by atoms with E-state index in [0.717, 1.165) is 16.5 Å². The highest BCUT2D eigenvalue weighted by molar-refractivity contribution is 6.01. The summed E-state index contributed by atoms with van der Waals surface area (Å²) in [5, 5.41) is 19.0. The summed E-state index contributed by atoms with van der Waals surface area (Å²) in [6.45, 7) is 0.0579. The number of rotatable bonds is 5. The third-order valence-electron chi connectivity index (χ3n) is 3.57. The minimum absolute atomic E-state index is 0.0579. The van der Waals surface area contributed by atoms with Gasteiger partial charge in [0.1, 0.15) is 5.82 Å². The van der Waals surface area contributed by atoms with Gasteiger partial charge in [0, 0.05) is 23.1 Å². The number of H-pyrrole nitrogens is 1. The lowest BCUT2D eigenvalue weighted by molar-refractivity contribution is -0.136. The fourth-order valence-electron chi connectivity index (χ4n) is 2.37. The van der Waals surface area contributed by atoms with E-state index in [0.29, 0.717) is 11.3 Å². The first-order valence-electron chi connectivity index (χ1n) is 7.28. The van der Waals surface area contributed by atoms with Gasteiger partial charge >= 0.3 is 5.97 Å². The van der Waals surface area contributed by atoms with Crippen LogP contribution in [0.4, 0.5) is 4.39 Å². The van der Waals surface area contributed by atoms with Crippen LogP contribution in [0, 0.1) is 5.82 Å². The van der Waals surface area contributed by atoms with Crippen molar-refractivity contribution in [3.8, 4) is 11.3 Å². The lowest BCUT2D eigenvalue weighted by atomic mass is 10.1. The molecule has 0 fully saturated rings. The summed E-state index contributed by atoms with van der Waals surface area (Å²) >= 11 is 0. The van der Waals surface area contributed by atoms with E-state index in [4.69, 9.17) is 5.11 Å². The van der Waals surface area contributed by atoms with Gasteiger partial charge in [-0.2, -0.15) is 5.10 Å². The van der Waals surface area contributed by atoms with E-state index in [-0.39, 0.29) is 24.7 Å². The first-order chi connectivity index (χ1) is 11.5. The van der Waals surface area contributed by atoms with Gasteiger partial charge < -0.3 is 10.4 Å². The summed E-state index contributed by atoms with van der Waals surface area (Å²) < 4.78 is 13.1. The molecule has 0 aliphatic carbocycles. The van der Waals surface area contributed by atoms with Gasteiger partial charge in [0.2, 0.25) is 0 Å². The van der Waals surface area contributed by atoms with Crippen molar-refractivity contribution in [2.24, 2.45) is 0 Å². The van der Waals surface area contributed by atoms with Gasteiger partial charge in [0.05, 0.1) is 17.6 Å². The van der Waals surface area contributed by atoms with E-state index in [1.54, 1.807) is 30.3 Å². The molecular formula is C17H14FN3O3. The van der Waals surface area contributed by atoms with Crippen LogP contribution >= 0.6 is 0 Å². The molecule has 0 saturated heterocycles. The molecule has 122 valence electrons.